The van der Waals surface area contributed by atoms with Gasteiger partial charge >= 0.3 is 0 Å². The van der Waals surface area contributed by atoms with Gasteiger partial charge in [-0.3, -0.25) is 19.0 Å². The van der Waals surface area contributed by atoms with Crippen LogP contribution in [-0.4, -0.2) is 46.5 Å². The highest BCUT2D eigenvalue weighted by atomic mass is 35.5. The lowest BCUT2D eigenvalue weighted by molar-refractivity contribution is -0.124. The number of thiazole rings is 1. The number of benzene rings is 1. The fourth-order valence-corrected chi connectivity index (χ4v) is 4.80. The molecule has 0 spiro atoms. The first-order chi connectivity index (χ1) is 15.4. The van der Waals surface area contributed by atoms with Crippen LogP contribution < -0.4 is 21.1 Å². The van der Waals surface area contributed by atoms with Gasteiger partial charge in [0.15, 0.2) is 10.8 Å². The van der Waals surface area contributed by atoms with Crippen LogP contribution in [0.2, 0.25) is 5.02 Å². The Balaban J connectivity index is 1.45. The molecular formula is C21H23ClN6O3S. The molecule has 0 saturated carbocycles. The Bertz CT molecular complexity index is 1190. The number of halogens is 1. The molecule has 1 aliphatic heterocycles. The third kappa shape index (κ3) is 4.91. The number of amides is 2. The van der Waals surface area contributed by atoms with Crippen molar-refractivity contribution in [2.24, 2.45) is 5.92 Å². The van der Waals surface area contributed by atoms with Gasteiger partial charge in [-0.05, 0) is 30.5 Å². The zero-order valence-corrected chi connectivity index (χ0v) is 19.1. The van der Waals surface area contributed by atoms with Crippen LogP contribution in [0, 0.1) is 5.92 Å². The number of aromatic nitrogens is 3. The van der Waals surface area contributed by atoms with E-state index in [9.17, 15) is 14.4 Å². The summed E-state index contributed by atoms with van der Waals surface area (Å²) in [5, 5.41) is 6.79. The highest BCUT2D eigenvalue weighted by Gasteiger charge is 2.27. The molecule has 1 unspecified atom stereocenters. The molecule has 168 valence electrons. The standard InChI is InChI=1S/C21H23ClN6O3S/c1-23-19(30)14-3-2-8-27(10-14)21-26-18-17(32-21)20(31)28(12-25-18)11-16(29)24-9-13-4-6-15(22)7-5-13/h4-7,12,14H,2-3,8-11H2,1H3,(H,23,30)(H,24,29). The molecule has 1 saturated heterocycles. The van der Waals surface area contributed by atoms with Crippen molar-refractivity contribution in [2.45, 2.75) is 25.9 Å². The fraction of sp³-hybridized carbons (Fsp3) is 0.381. The molecule has 9 nitrogen and oxygen atoms in total. The van der Waals surface area contributed by atoms with Crippen molar-refractivity contribution in [2.75, 3.05) is 25.0 Å². The highest BCUT2D eigenvalue weighted by molar-refractivity contribution is 7.22. The van der Waals surface area contributed by atoms with Crippen LogP contribution >= 0.6 is 22.9 Å². The summed E-state index contributed by atoms with van der Waals surface area (Å²) in [5.74, 6) is -0.381. The molecule has 1 atom stereocenters. The first-order valence-corrected chi connectivity index (χ1v) is 11.5. The van der Waals surface area contributed by atoms with E-state index in [-0.39, 0.29) is 29.8 Å². The monoisotopic (exact) mass is 474 g/mol. The second-order valence-corrected chi connectivity index (χ2v) is 9.04. The molecule has 0 aliphatic carbocycles. The molecule has 3 heterocycles. The van der Waals surface area contributed by atoms with Crippen LogP contribution in [0.25, 0.3) is 10.3 Å². The SMILES string of the molecule is CNC(=O)C1CCCN(c2nc3ncn(CC(=O)NCc4ccc(Cl)cc4)c(=O)c3s2)C1. The zero-order chi connectivity index (χ0) is 22.7. The molecule has 1 aromatic carbocycles. The number of piperidine rings is 1. The van der Waals surface area contributed by atoms with Crippen LogP contribution in [-0.2, 0) is 22.7 Å². The maximum absolute atomic E-state index is 12.9. The molecular weight excluding hydrogens is 452 g/mol. The van der Waals surface area contributed by atoms with Gasteiger partial charge in [0.25, 0.3) is 5.56 Å². The molecule has 11 heteroatoms. The number of anilines is 1. The Morgan fingerprint density at radius 2 is 2.06 bits per heavy atom. The van der Waals surface area contributed by atoms with Crippen LogP contribution in [0.4, 0.5) is 5.13 Å². The maximum Gasteiger partial charge on any atom is 0.273 e. The average Bonchev–Trinajstić information content (AvgIpc) is 3.25. The predicted molar refractivity (Wildman–Crippen MR) is 124 cm³/mol. The Hall–Kier alpha value is -2.98. The first-order valence-electron chi connectivity index (χ1n) is 10.3. The Morgan fingerprint density at radius 3 is 2.81 bits per heavy atom. The van der Waals surface area contributed by atoms with Crippen molar-refractivity contribution < 1.29 is 9.59 Å². The number of nitrogens with zero attached hydrogens (tertiary/aromatic N) is 4. The predicted octanol–water partition coefficient (Wildman–Crippen LogP) is 1.79. The number of hydrogen-bond donors (Lipinski definition) is 2. The zero-order valence-electron chi connectivity index (χ0n) is 17.5. The summed E-state index contributed by atoms with van der Waals surface area (Å²) in [4.78, 5) is 48.1. The van der Waals surface area contributed by atoms with Gasteiger partial charge in [0, 0.05) is 31.7 Å². The number of nitrogens with one attached hydrogen (secondary N) is 2. The minimum atomic E-state index is -0.305. The van der Waals surface area contributed by atoms with Crippen LogP contribution in [0.3, 0.4) is 0 Å². The number of rotatable bonds is 6. The summed E-state index contributed by atoms with van der Waals surface area (Å²) in [6, 6.07) is 7.17. The summed E-state index contributed by atoms with van der Waals surface area (Å²) in [7, 11) is 1.64. The topological polar surface area (TPSA) is 109 Å². The van der Waals surface area contributed by atoms with Gasteiger partial charge in [-0.2, -0.15) is 4.98 Å². The van der Waals surface area contributed by atoms with Crippen molar-refractivity contribution in [1.82, 2.24) is 25.2 Å². The number of hydrogen-bond acceptors (Lipinski definition) is 7. The highest BCUT2D eigenvalue weighted by Crippen LogP contribution is 2.29. The molecule has 2 aromatic heterocycles. The second-order valence-electron chi connectivity index (χ2n) is 7.63. The van der Waals surface area contributed by atoms with Crippen LogP contribution in [0.5, 0.6) is 0 Å². The van der Waals surface area contributed by atoms with Gasteiger partial charge in [-0.15, -0.1) is 0 Å². The van der Waals surface area contributed by atoms with E-state index < -0.39 is 0 Å². The van der Waals surface area contributed by atoms with E-state index in [1.165, 1.54) is 22.2 Å². The largest absolute Gasteiger partial charge is 0.359 e. The quantitative estimate of drug-likeness (QED) is 0.563. The minimum absolute atomic E-state index is 0.0147. The van der Waals surface area contributed by atoms with Gasteiger partial charge in [0.2, 0.25) is 11.8 Å². The first kappa shape index (κ1) is 22.2. The van der Waals surface area contributed by atoms with Crippen molar-refractivity contribution in [3.05, 3.63) is 51.5 Å². The molecule has 1 fully saturated rings. The third-order valence-electron chi connectivity index (χ3n) is 5.40. The molecule has 0 radical (unpaired) electrons. The lowest BCUT2D eigenvalue weighted by Crippen LogP contribution is -2.42. The van der Waals surface area contributed by atoms with Crippen molar-refractivity contribution in [3.63, 3.8) is 0 Å². The molecule has 32 heavy (non-hydrogen) atoms. The number of carbonyl (C=O) groups is 2. The molecule has 3 aromatic rings. The van der Waals surface area contributed by atoms with E-state index in [0.29, 0.717) is 33.6 Å². The summed E-state index contributed by atoms with van der Waals surface area (Å²) in [5.41, 5.74) is 0.961. The van der Waals surface area contributed by atoms with Gasteiger partial charge in [0.05, 0.1) is 5.92 Å². The van der Waals surface area contributed by atoms with E-state index in [4.69, 9.17) is 11.6 Å². The maximum atomic E-state index is 12.9. The van der Waals surface area contributed by atoms with Crippen molar-refractivity contribution in [3.8, 4) is 0 Å². The van der Waals surface area contributed by atoms with Crippen molar-refractivity contribution in [1.29, 1.82) is 0 Å². The summed E-state index contributed by atoms with van der Waals surface area (Å²) in [6.45, 7) is 1.53. The van der Waals surface area contributed by atoms with Gasteiger partial charge in [0.1, 0.15) is 17.6 Å². The fourth-order valence-electron chi connectivity index (χ4n) is 3.67. The van der Waals surface area contributed by atoms with Gasteiger partial charge in [-0.1, -0.05) is 35.1 Å². The van der Waals surface area contributed by atoms with E-state index >= 15 is 0 Å². The molecule has 4 rings (SSSR count). The second kappa shape index (κ2) is 9.66. The van der Waals surface area contributed by atoms with E-state index in [2.05, 4.69) is 20.6 Å². The Kier molecular flexibility index (Phi) is 6.71. The summed E-state index contributed by atoms with van der Waals surface area (Å²) in [6.07, 6.45) is 3.05. The lowest BCUT2D eigenvalue weighted by Gasteiger charge is -2.31. The number of fused-ring (bicyclic) bond motifs is 1. The Morgan fingerprint density at radius 1 is 1.28 bits per heavy atom. The number of carbonyl (C=O) groups excluding carboxylic acids is 2. The van der Waals surface area contributed by atoms with E-state index in [0.717, 1.165) is 24.9 Å². The molecule has 2 N–H and O–H groups in total. The molecule has 1 aliphatic rings. The van der Waals surface area contributed by atoms with E-state index in [1.807, 2.05) is 17.0 Å². The van der Waals surface area contributed by atoms with Crippen LogP contribution in [0.1, 0.15) is 18.4 Å². The molecule has 2 amide bonds. The summed E-state index contributed by atoms with van der Waals surface area (Å²) < 4.78 is 1.68. The van der Waals surface area contributed by atoms with Crippen LogP contribution in [0.15, 0.2) is 35.4 Å². The lowest BCUT2D eigenvalue weighted by atomic mass is 9.98. The normalized spacial score (nSPS) is 16.2. The Labute approximate surface area is 193 Å². The summed E-state index contributed by atoms with van der Waals surface area (Å²) >= 11 is 7.12. The van der Waals surface area contributed by atoms with E-state index in [1.54, 1.807) is 19.2 Å². The third-order valence-corrected chi connectivity index (χ3v) is 6.74. The average molecular weight is 475 g/mol. The van der Waals surface area contributed by atoms with Gasteiger partial charge < -0.3 is 15.5 Å². The van der Waals surface area contributed by atoms with Gasteiger partial charge in [-0.25, -0.2) is 4.98 Å². The van der Waals surface area contributed by atoms with Crippen molar-refractivity contribution >= 4 is 50.2 Å². The minimum Gasteiger partial charge on any atom is -0.359 e. The molecule has 0 bridgehead atoms. The smallest absolute Gasteiger partial charge is 0.273 e.